The molecule has 1 heterocycles. The predicted molar refractivity (Wildman–Crippen MR) is 146 cm³/mol. The van der Waals surface area contributed by atoms with E-state index in [4.69, 9.17) is 18.9 Å². The molecule has 10 nitrogen and oxygen atoms in total. The first-order valence-electron chi connectivity index (χ1n) is 11.5. The van der Waals surface area contributed by atoms with Gasteiger partial charge in [0.15, 0.2) is 22.5 Å². The van der Waals surface area contributed by atoms with Crippen LogP contribution in [-0.2, 0) is 4.79 Å². The van der Waals surface area contributed by atoms with Gasteiger partial charge in [0.2, 0.25) is 5.75 Å². The number of rotatable bonds is 11. The number of carbonyl (C=O) groups excluding carboxylic acids is 1. The first-order chi connectivity index (χ1) is 18.6. The van der Waals surface area contributed by atoms with Crippen molar-refractivity contribution in [3.63, 3.8) is 0 Å². The maximum Gasteiger partial charge on any atom is 0.250 e. The Morgan fingerprint density at radius 2 is 1.63 bits per heavy atom. The second kappa shape index (κ2) is 12.6. The highest BCUT2D eigenvalue weighted by Gasteiger charge is 2.18. The van der Waals surface area contributed by atoms with Crippen molar-refractivity contribution in [1.82, 2.24) is 20.2 Å². The average Bonchev–Trinajstić information content (AvgIpc) is 3.40. The van der Waals surface area contributed by atoms with Gasteiger partial charge >= 0.3 is 0 Å². The topological polar surface area (TPSA) is 109 Å². The average molecular weight is 534 g/mol. The van der Waals surface area contributed by atoms with Gasteiger partial charge in [-0.2, -0.15) is 5.10 Å². The summed E-state index contributed by atoms with van der Waals surface area (Å²) < 4.78 is 23.3. The van der Waals surface area contributed by atoms with Crippen LogP contribution in [0.25, 0.3) is 17.1 Å². The largest absolute Gasteiger partial charge is 0.497 e. The standard InChI is InChI=1S/C27H27N5O5S/c1-34-21-13-11-20(12-14-21)32-26(18-8-6-5-7-9-18)30-31-27(32)38-17-23(33)29-28-16-19-10-15-22(35-2)25(37-4)24(19)36-3/h5-16H,17H2,1-4H3,(H,29,33)/b28-16+. The smallest absolute Gasteiger partial charge is 0.250 e. The molecule has 0 radical (unpaired) electrons. The molecule has 11 heteroatoms. The molecule has 4 rings (SSSR count). The zero-order chi connectivity index (χ0) is 26.9. The van der Waals surface area contributed by atoms with Crippen molar-refractivity contribution in [2.24, 2.45) is 5.10 Å². The first kappa shape index (κ1) is 26.6. The third-order valence-corrected chi connectivity index (χ3v) is 6.38. The van der Waals surface area contributed by atoms with Gasteiger partial charge in [-0.1, -0.05) is 42.1 Å². The predicted octanol–water partition coefficient (Wildman–Crippen LogP) is 4.21. The fourth-order valence-electron chi connectivity index (χ4n) is 3.66. The zero-order valence-electron chi connectivity index (χ0n) is 21.4. The van der Waals surface area contributed by atoms with Gasteiger partial charge in [-0.25, -0.2) is 5.43 Å². The summed E-state index contributed by atoms with van der Waals surface area (Å²) in [6.45, 7) is 0. The van der Waals surface area contributed by atoms with E-state index < -0.39 is 0 Å². The number of methoxy groups -OCH3 is 4. The number of hydrogen-bond donors (Lipinski definition) is 1. The van der Waals surface area contributed by atoms with E-state index in [1.807, 2.05) is 59.2 Å². The number of aromatic nitrogens is 3. The van der Waals surface area contributed by atoms with Gasteiger partial charge in [0.1, 0.15) is 5.75 Å². The molecule has 0 fully saturated rings. The van der Waals surface area contributed by atoms with Gasteiger partial charge in [-0.3, -0.25) is 9.36 Å². The van der Waals surface area contributed by atoms with Gasteiger partial charge in [0.25, 0.3) is 5.91 Å². The van der Waals surface area contributed by atoms with E-state index in [1.54, 1.807) is 26.4 Å². The lowest BCUT2D eigenvalue weighted by Crippen LogP contribution is -2.20. The number of thioether (sulfide) groups is 1. The first-order valence-corrected chi connectivity index (χ1v) is 12.5. The Morgan fingerprint density at radius 1 is 0.895 bits per heavy atom. The quantitative estimate of drug-likeness (QED) is 0.174. The lowest BCUT2D eigenvalue weighted by Gasteiger charge is -2.13. The Bertz CT molecular complexity index is 1410. The summed E-state index contributed by atoms with van der Waals surface area (Å²) in [6, 6.07) is 20.8. The lowest BCUT2D eigenvalue weighted by molar-refractivity contribution is -0.118. The van der Waals surface area contributed by atoms with E-state index in [1.165, 1.54) is 32.2 Å². The molecular formula is C27H27N5O5S. The Balaban J connectivity index is 1.50. The van der Waals surface area contributed by atoms with Crippen LogP contribution >= 0.6 is 11.8 Å². The van der Waals surface area contributed by atoms with Crippen LogP contribution in [0.4, 0.5) is 0 Å². The fraction of sp³-hybridized carbons (Fsp3) is 0.185. The van der Waals surface area contributed by atoms with Crippen molar-refractivity contribution >= 4 is 23.9 Å². The van der Waals surface area contributed by atoms with Crippen molar-refractivity contribution < 1.29 is 23.7 Å². The van der Waals surface area contributed by atoms with Crippen LogP contribution in [0.2, 0.25) is 0 Å². The third kappa shape index (κ3) is 5.89. The van der Waals surface area contributed by atoms with Crippen molar-refractivity contribution in [1.29, 1.82) is 0 Å². The van der Waals surface area contributed by atoms with Crippen molar-refractivity contribution in [2.45, 2.75) is 5.16 Å². The van der Waals surface area contributed by atoms with Crippen LogP contribution in [0.1, 0.15) is 5.56 Å². The maximum absolute atomic E-state index is 12.6. The lowest BCUT2D eigenvalue weighted by atomic mass is 10.2. The van der Waals surface area contributed by atoms with Gasteiger partial charge in [0, 0.05) is 16.8 Å². The van der Waals surface area contributed by atoms with Crippen LogP contribution < -0.4 is 24.4 Å². The van der Waals surface area contributed by atoms with Crippen molar-refractivity contribution in [3.8, 4) is 40.1 Å². The normalized spacial score (nSPS) is 10.8. The molecule has 0 aliphatic carbocycles. The summed E-state index contributed by atoms with van der Waals surface area (Å²) in [7, 11) is 6.20. The SMILES string of the molecule is COc1ccc(-n2c(SCC(=O)N/N=C/c3ccc(OC)c(OC)c3OC)nnc2-c2ccccc2)cc1. The van der Waals surface area contributed by atoms with E-state index >= 15 is 0 Å². The molecule has 1 N–H and O–H groups in total. The zero-order valence-corrected chi connectivity index (χ0v) is 22.2. The molecule has 0 unspecified atom stereocenters. The molecule has 1 aromatic heterocycles. The maximum atomic E-state index is 12.6. The van der Waals surface area contributed by atoms with Crippen LogP contribution in [0.5, 0.6) is 23.0 Å². The molecule has 0 spiro atoms. The third-order valence-electron chi connectivity index (χ3n) is 5.46. The number of nitrogens with zero attached hydrogens (tertiary/aromatic N) is 4. The summed E-state index contributed by atoms with van der Waals surface area (Å²) in [5.74, 6) is 2.57. The van der Waals surface area contributed by atoms with Gasteiger partial charge in [-0.15, -0.1) is 10.2 Å². The Kier molecular flexibility index (Phi) is 8.83. The summed E-state index contributed by atoms with van der Waals surface area (Å²) in [6.07, 6.45) is 1.48. The van der Waals surface area contributed by atoms with Gasteiger partial charge < -0.3 is 18.9 Å². The number of benzene rings is 3. The minimum atomic E-state index is -0.309. The monoisotopic (exact) mass is 533 g/mol. The molecule has 0 saturated heterocycles. The summed E-state index contributed by atoms with van der Waals surface area (Å²) in [4.78, 5) is 12.6. The molecule has 0 bridgehead atoms. The number of nitrogens with one attached hydrogen (secondary N) is 1. The number of hydrogen-bond acceptors (Lipinski definition) is 9. The summed E-state index contributed by atoms with van der Waals surface area (Å²) in [5.41, 5.74) is 4.90. The molecule has 0 atom stereocenters. The van der Waals surface area contributed by atoms with Gasteiger partial charge in [0.05, 0.1) is 40.4 Å². The highest BCUT2D eigenvalue weighted by molar-refractivity contribution is 7.99. The van der Waals surface area contributed by atoms with Crippen LogP contribution in [0.15, 0.2) is 77.0 Å². The number of carbonyl (C=O) groups is 1. The minimum absolute atomic E-state index is 0.0729. The molecule has 1 amide bonds. The highest BCUT2D eigenvalue weighted by Crippen LogP contribution is 2.39. The van der Waals surface area contributed by atoms with Crippen LogP contribution in [0, 0.1) is 0 Å². The molecule has 0 aliphatic rings. The number of ether oxygens (including phenoxy) is 4. The second-order valence-electron chi connectivity index (χ2n) is 7.71. The Labute approximate surface area is 224 Å². The second-order valence-corrected chi connectivity index (χ2v) is 8.65. The molecule has 196 valence electrons. The summed E-state index contributed by atoms with van der Waals surface area (Å²) >= 11 is 1.25. The number of amides is 1. The number of hydrazone groups is 1. The van der Waals surface area contributed by atoms with Crippen molar-refractivity contribution in [2.75, 3.05) is 34.2 Å². The van der Waals surface area contributed by atoms with Crippen molar-refractivity contribution in [3.05, 3.63) is 72.3 Å². The summed E-state index contributed by atoms with van der Waals surface area (Å²) in [5, 5.41) is 13.4. The molecule has 0 aliphatic heterocycles. The molecule has 3 aromatic carbocycles. The van der Waals surface area contributed by atoms with E-state index in [9.17, 15) is 4.79 Å². The van der Waals surface area contributed by atoms with E-state index in [-0.39, 0.29) is 11.7 Å². The minimum Gasteiger partial charge on any atom is -0.497 e. The fourth-order valence-corrected chi connectivity index (χ4v) is 4.41. The van der Waals surface area contributed by atoms with E-state index in [0.717, 1.165) is 17.0 Å². The molecular weight excluding hydrogens is 506 g/mol. The van der Waals surface area contributed by atoms with Crippen LogP contribution in [-0.4, -0.2) is 61.1 Å². The van der Waals surface area contributed by atoms with E-state index in [0.29, 0.717) is 33.8 Å². The molecule has 38 heavy (non-hydrogen) atoms. The van der Waals surface area contributed by atoms with Crippen LogP contribution in [0.3, 0.4) is 0 Å². The van der Waals surface area contributed by atoms with E-state index in [2.05, 4.69) is 20.7 Å². The molecule has 0 saturated carbocycles. The molecule has 4 aromatic rings. The Morgan fingerprint density at radius 3 is 2.29 bits per heavy atom. The highest BCUT2D eigenvalue weighted by atomic mass is 32.2. The van der Waals surface area contributed by atoms with Gasteiger partial charge in [-0.05, 0) is 36.4 Å². The Hall–Kier alpha value is -4.51.